The van der Waals surface area contributed by atoms with Crippen molar-refractivity contribution in [3.63, 3.8) is 0 Å². The quantitative estimate of drug-likeness (QED) is 0.795. The SMILES string of the molecule is CCOc1cc(C)c(-c2csc3nc(C(=O)O)cn23)cc1C. The Morgan fingerprint density at radius 2 is 2.14 bits per heavy atom. The van der Waals surface area contributed by atoms with Gasteiger partial charge >= 0.3 is 5.97 Å². The van der Waals surface area contributed by atoms with E-state index in [0.717, 1.165) is 28.1 Å². The molecule has 0 saturated carbocycles. The molecule has 0 amide bonds. The molecule has 2 aromatic heterocycles. The summed E-state index contributed by atoms with van der Waals surface area (Å²) in [6.07, 6.45) is 1.56. The number of benzene rings is 1. The summed E-state index contributed by atoms with van der Waals surface area (Å²) in [5, 5.41) is 11.1. The minimum atomic E-state index is -1.01. The fourth-order valence-corrected chi connectivity index (χ4v) is 3.33. The molecule has 0 aliphatic rings. The Balaban J connectivity index is 2.14. The van der Waals surface area contributed by atoms with Gasteiger partial charge in [-0.3, -0.25) is 4.40 Å². The first-order valence-electron chi connectivity index (χ1n) is 6.95. The average molecular weight is 316 g/mol. The van der Waals surface area contributed by atoms with E-state index >= 15 is 0 Å². The summed E-state index contributed by atoms with van der Waals surface area (Å²) in [7, 11) is 0. The number of aromatic nitrogens is 2. The Morgan fingerprint density at radius 3 is 2.82 bits per heavy atom. The maximum Gasteiger partial charge on any atom is 0.356 e. The minimum Gasteiger partial charge on any atom is -0.494 e. The average Bonchev–Trinajstić information content (AvgIpc) is 3.03. The second kappa shape index (κ2) is 5.46. The molecule has 0 saturated heterocycles. The van der Waals surface area contributed by atoms with Crippen molar-refractivity contribution in [1.29, 1.82) is 0 Å². The molecule has 0 spiro atoms. The molecule has 5 nitrogen and oxygen atoms in total. The van der Waals surface area contributed by atoms with Crippen LogP contribution < -0.4 is 4.74 Å². The van der Waals surface area contributed by atoms with Crippen molar-refractivity contribution in [3.8, 4) is 17.0 Å². The molecular weight excluding hydrogens is 300 g/mol. The van der Waals surface area contributed by atoms with Gasteiger partial charge < -0.3 is 9.84 Å². The van der Waals surface area contributed by atoms with Gasteiger partial charge in [0.1, 0.15) is 5.75 Å². The third-order valence-electron chi connectivity index (χ3n) is 3.53. The summed E-state index contributed by atoms with van der Waals surface area (Å²) in [6, 6.07) is 4.09. The van der Waals surface area contributed by atoms with Gasteiger partial charge in [0.05, 0.1) is 12.3 Å². The van der Waals surface area contributed by atoms with Crippen LogP contribution in [0.2, 0.25) is 0 Å². The van der Waals surface area contributed by atoms with E-state index in [-0.39, 0.29) is 5.69 Å². The number of hydrogen-bond donors (Lipinski definition) is 1. The number of carboxylic acids is 1. The lowest BCUT2D eigenvalue weighted by Crippen LogP contribution is -1.97. The zero-order valence-corrected chi connectivity index (χ0v) is 13.4. The van der Waals surface area contributed by atoms with Crippen LogP contribution in [0.15, 0.2) is 23.7 Å². The molecule has 114 valence electrons. The van der Waals surface area contributed by atoms with Crippen molar-refractivity contribution < 1.29 is 14.6 Å². The second-order valence-corrected chi connectivity index (χ2v) is 5.91. The van der Waals surface area contributed by atoms with Crippen LogP contribution in [-0.2, 0) is 0 Å². The van der Waals surface area contributed by atoms with Gasteiger partial charge in [0.25, 0.3) is 0 Å². The Morgan fingerprint density at radius 1 is 1.36 bits per heavy atom. The number of ether oxygens (including phenoxy) is 1. The van der Waals surface area contributed by atoms with E-state index in [1.807, 2.05) is 36.6 Å². The lowest BCUT2D eigenvalue weighted by molar-refractivity contribution is 0.0691. The Labute approximate surface area is 131 Å². The van der Waals surface area contributed by atoms with E-state index in [0.29, 0.717) is 11.6 Å². The molecule has 2 heterocycles. The first-order chi connectivity index (χ1) is 10.5. The van der Waals surface area contributed by atoms with Crippen LogP contribution in [0.5, 0.6) is 5.75 Å². The Kier molecular flexibility index (Phi) is 3.62. The summed E-state index contributed by atoms with van der Waals surface area (Å²) in [5.74, 6) is -0.131. The number of hydrogen-bond acceptors (Lipinski definition) is 4. The van der Waals surface area contributed by atoms with Crippen LogP contribution in [0.4, 0.5) is 0 Å². The van der Waals surface area contributed by atoms with Gasteiger partial charge in [-0.15, -0.1) is 11.3 Å². The van der Waals surface area contributed by atoms with Crippen LogP contribution in [-0.4, -0.2) is 27.1 Å². The summed E-state index contributed by atoms with van der Waals surface area (Å²) in [5.41, 5.74) is 4.21. The van der Waals surface area contributed by atoms with E-state index in [4.69, 9.17) is 9.84 Å². The van der Waals surface area contributed by atoms with Crippen LogP contribution in [0.3, 0.4) is 0 Å². The van der Waals surface area contributed by atoms with Gasteiger partial charge in [0.15, 0.2) is 10.7 Å². The number of fused-ring (bicyclic) bond motifs is 1. The monoisotopic (exact) mass is 316 g/mol. The normalized spacial score (nSPS) is 11.0. The summed E-state index contributed by atoms with van der Waals surface area (Å²) in [4.78, 5) is 15.9. The third-order valence-corrected chi connectivity index (χ3v) is 4.37. The first kappa shape index (κ1) is 14.6. The number of carbonyl (C=O) groups is 1. The van der Waals surface area contributed by atoms with Crippen LogP contribution in [0, 0.1) is 13.8 Å². The van der Waals surface area contributed by atoms with Gasteiger partial charge in [0.2, 0.25) is 0 Å². The first-order valence-corrected chi connectivity index (χ1v) is 7.83. The Bertz CT molecular complexity index is 864. The van der Waals surface area contributed by atoms with Gasteiger partial charge in [0, 0.05) is 17.1 Å². The molecule has 3 rings (SSSR count). The molecule has 1 N–H and O–H groups in total. The zero-order chi connectivity index (χ0) is 15.9. The van der Waals surface area contributed by atoms with Gasteiger partial charge in [-0.1, -0.05) is 0 Å². The lowest BCUT2D eigenvalue weighted by atomic mass is 10.0. The van der Waals surface area contributed by atoms with E-state index in [1.165, 1.54) is 11.3 Å². The van der Waals surface area contributed by atoms with E-state index in [1.54, 1.807) is 6.20 Å². The summed E-state index contributed by atoms with van der Waals surface area (Å²) in [6.45, 7) is 6.62. The highest BCUT2D eigenvalue weighted by atomic mass is 32.1. The van der Waals surface area contributed by atoms with E-state index < -0.39 is 5.97 Å². The zero-order valence-electron chi connectivity index (χ0n) is 12.6. The van der Waals surface area contributed by atoms with E-state index in [2.05, 4.69) is 11.1 Å². The Hall–Kier alpha value is -2.34. The van der Waals surface area contributed by atoms with Gasteiger partial charge in [-0.05, 0) is 44.0 Å². The molecule has 22 heavy (non-hydrogen) atoms. The second-order valence-electron chi connectivity index (χ2n) is 5.07. The standard InChI is InChI=1S/C16H16N2O3S/c1-4-21-14-6-9(2)11(5-10(14)3)13-8-22-16-17-12(15(19)20)7-18(13)16/h5-8H,4H2,1-3H3,(H,19,20). The number of rotatable bonds is 4. The molecule has 1 aromatic carbocycles. The number of nitrogens with zero attached hydrogens (tertiary/aromatic N) is 2. The highest BCUT2D eigenvalue weighted by Crippen LogP contribution is 2.33. The molecular formula is C16H16N2O3S. The predicted octanol–water partition coefficient (Wildman–Crippen LogP) is 3.78. The van der Waals surface area contributed by atoms with Gasteiger partial charge in [-0.2, -0.15) is 0 Å². The van der Waals surface area contributed by atoms with Crippen molar-refractivity contribution >= 4 is 22.3 Å². The third kappa shape index (κ3) is 2.35. The van der Waals surface area contributed by atoms with Crippen molar-refractivity contribution in [2.45, 2.75) is 20.8 Å². The fraction of sp³-hybridized carbons (Fsp3) is 0.250. The molecule has 0 aliphatic carbocycles. The maximum atomic E-state index is 11.1. The fourth-order valence-electron chi connectivity index (χ4n) is 2.46. The number of carboxylic acid groups (broad SMARTS) is 1. The number of aryl methyl sites for hydroxylation is 2. The molecule has 6 heteroatoms. The van der Waals surface area contributed by atoms with Crippen molar-refractivity contribution in [2.75, 3.05) is 6.61 Å². The highest BCUT2D eigenvalue weighted by Gasteiger charge is 2.16. The minimum absolute atomic E-state index is 0.0633. The number of aromatic carboxylic acids is 1. The molecule has 0 fully saturated rings. The van der Waals surface area contributed by atoms with Crippen molar-refractivity contribution in [1.82, 2.24) is 9.38 Å². The molecule has 0 atom stereocenters. The molecule has 0 aliphatic heterocycles. The number of imidazole rings is 1. The van der Waals surface area contributed by atoms with Crippen molar-refractivity contribution in [3.05, 3.63) is 40.5 Å². The molecule has 0 unspecified atom stereocenters. The summed E-state index contributed by atoms with van der Waals surface area (Å²) < 4.78 is 7.45. The predicted molar refractivity (Wildman–Crippen MR) is 86.1 cm³/mol. The van der Waals surface area contributed by atoms with Crippen LogP contribution >= 0.6 is 11.3 Å². The summed E-state index contributed by atoms with van der Waals surface area (Å²) >= 11 is 1.43. The number of thiazole rings is 1. The maximum absolute atomic E-state index is 11.1. The highest BCUT2D eigenvalue weighted by molar-refractivity contribution is 7.15. The lowest BCUT2D eigenvalue weighted by Gasteiger charge is -2.12. The topological polar surface area (TPSA) is 63.8 Å². The van der Waals surface area contributed by atoms with Crippen LogP contribution in [0.1, 0.15) is 28.5 Å². The van der Waals surface area contributed by atoms with Crippen molar-refractivity contribution in [2.24, 2.45) is 0 Å². The molecule has 0 bridgehead atoms. The van der Waals surface area contributed by atoms with Crippen LogP contribution in [0.25, 0.3) is 16.2 Å². The molecule has 0 radical (unpaired) electrons. The molecule has 3 aromatic rings. The van der Waals surface area contributed by atoms with E-state index in [9.17, 15) is 4.79 Å². The largest absolute Gasteiger partial charge is 0.494 e. The smallest absolute Gasteiger partial charge is 0.356 e. The van der Waals surface area contributed by atoms with Gasteiger partial charge in [-0.25, -0.2) is 9.78 Å².